The Labute approximate surface area is 109 Å². The van der Waals surface area contributed by atoms with E-state index < -0.39 is 0 Å². The summed E-state index contributed by atoms with van der Waals surface area (Å²) in [6, 6.07) is 0. The molecule has 0 fully saturated rings. The smallest absolute Gasteiger partial charge is 0.226 e. The van der Waals surface area contributed by atoms with Gasteiger partial charge in [0.2, 0.25) is 5.89 Å². The lowest BCUT2D eigenvalue weighted by atomic mass is 9.93. The Morgan fingerprint density at radius 2 is 2.06 bits per heavy atom. The average molecular weight is 263 g/mol. The van der Waals surface area contributed by atoms with Gasteiger partial charge >= 0.3 is 0 Å². The lowest BCUT2D eigenvalue weighted by Crippen LogP contribution is -2.36. The van der Waals surface area contributed by atoms with Gasteiger partial charge in [-0.25, -0.2) is 0 Å². The molecule has 0 spiro atoms. The van der Waals surface area contributed by atoms with Gasteiger partial charge < -0.3 is 10.3 Å². The van der Waals surface area contributed by atoms with E-state index in [4.69, 9.17) is 10.3 Å². The Hall–Kier alpha value is -0.650. The Bertz CT molecular complexity index is 327. The van der Waals surface area contributed by atoms with E-state index in [1.807, 2.05) is 14.0 Å². The molecule has 0 aliphatic rings. The van der Waals surface area contributed by atoms with E-state index in [1.54, 1.807) is 0 Å². The maximum absolute atomic E-state index is 5.70. The van der Waals surface area contributed by atoms with Crippen LogP contribution in [0.3, 0.4) is 0 Å². The molecule has 0 radical (unpaired) electrons. The van der Waals surface area contributed by atoms with Gasteiger partial charge in [0.25, 0.3) is 0 Å². The van der Waals surface area contributed by atoms with Crippen molar-refractivity contribution in [2.24, 2.45) is 11.1 Å². The first-order chi connectivity index (χ1) is 7.46. The molecule has 0 saturated heterocycles. The number of aromatic nitrogens is 2. The zero-order chi connectivity index (χ0) is 12.2. The highest BCUT2D eigenvalue weighted by Gasteiger charge is 2.19. The predicted molar refractivity (Wildman–Crippen MR) is 70.1 cm³/mol. The molecule has 1 aromatic rings. The van der Waals surface area contributed by atoms with Crippen LogP contribution in [0.15, 0.2) is 4.52 Å². The van der Waals surface area contributed by atoms with Crippen molar-refractivity contribution in [2.45, 2.75) is 33.7 Å². The Balaban J connectivity index is 0.00000256. The zero-order valence-electron chi connectivity index (χ0n) is 11.1. The van der Waals surface area contributed by atoms with Crippen LogP contribution in [0.25, 0.3) is 0 Å². The van der Waals surface area contributed by atoms with Gasteiger partial charge in [0.15, 0.2) is 5.82 Å². The fraction of sp³-hybridized carbons (Fsp3) is 0.818. The molecule has 0 unspecified atom stereocenters. The maximum atomic E-state index is 5.70. The lowest BCUT2D eigenvalue weighted by Gasteiger charge is -2.28. The summed E-state index contributed by atoms with van der Waals surface area (Å²) in [6.07, 6.45) is 0.783. The second-order valence-electron chi connectivity index (χ2n) is 5.00. The highest BCUT2D eigenvalue weighted by atomic mass is 35.5. The molecule has 0 amide bonds. The maximum Gasteiger partial charge on any atom is 0.226 e. The van der Waals surface area contributed by atoms with Crippen LogP contribution in [0.5, 0.6) is 0 Å². The number of hydrogen-bond acceptors (Lipinski definition) is 5. The first-order valence-corrected chi connectivity index (χ1v) is 5.67. The van der Waals surface area contributed by atoms with Crippen molar-refractivity contribution in [3.8, 4) is 0 Å². The molecule has 1 heterocycles. The lowest BCUT2D eigenvalue weighted by molar-refractivity contribution is 0.204. The SMILES string of the molecule is CCc1nc(CN(C)CC(C)(C)CN)no1.Cl. The fourth-order valence-electron chi connectivity index (χ4n) is 1.59. The van der Waals surface area contributed by atoms with Crippen molar-refractivity contribution in [1.29, 1.82) is 0 Å². The van der Waals surface area contributed by atoms with Gasteiger partial charge in [-0.15, -0.1) is 12.4 Å². The summed E-state index contributed by atoms with van der Waals surface area (Å²) in [5.41, 5.74) is 5.81. The minimum absolute atomic E-state index is 0. The molecule has 100 valence electrons. The number of nitrogens with zero attached hydrogens (tertiary/aromatic N) is 3. The third-order valence-electron chi connectivity index (χ3n) is 2.47. The fourth-order valence-corrected chi connectivity index (χ4v) is 1.59. The van der Waals surface area contributed by atoms with E-state index >= 15 is 0 Å². The summed E-state index contributed by atoms with van der Waals surface area (Å²) in [5, 5.41) is 3.92. The highest BCUT2D eigenvalue weighted by Crippen LogP contribution is 2.14. The van der Waals surface area contributed by atoms with Crippen LogP contribution in [0.2, 0.25) is 0 Å². The van der Waals surface area contributed by atoms with Crippen molar-refractivity contribution in [3.63, 3.8) is 0 Å². The van der Waals surface area contributed by atoms with Crippen LogP contribution in [-0.2, 0) is 13.0 Å². The van der Waals surface area contributed by atoms with Crippen LogP contribution < -0.4 is 5.73 Å². The molecule has 0 bridgehead atoms. The molecule has 0 aromatic carbocycles. The molecule has 17 heavy (non-hydrogen) atoms. The number of halogens is 1. The van der Waals surface area contributed by atoms with Gasteiger partial charge in [0.05, 0.1) is 6.54 Å². The van der Waals surface area contributed by atoms with Crippen LogP contribution in [0.1, 0.15) is 32.5 Å². The van der Waals surface area contributed by atoms with Crippen molar-refractivity contribution >= 4 is 12.4 Å². The molecular formula is C11H23ClN4O. The normalized spacial score (nSPS) is 11.6. The van der Waals surface area contributed by atoms with E-state index in [1.165, 1.54) is 0 Å². The van der Waals surface area contributed by atoms with Crippen LogP contribution in [-0.4, -0.2) is 35.2 Å². The Morgan fingerprint density at radius 1 is 1.41 bits per heavy atom. The Morgan fingerprint density at radius 3 is 2.53 bits per heavy atom. The van der Waals surface area contributed by atoms with Crippen molar-refractivity contribution in [3.05, 3.63) is 11.7 Å². The standard InChI is InChI=1S/C11H22N4O.ClH/c1-5-10-13-9(14-16-10)6-15(4)8-11(2,3)7-12;/h5-8,12H2,1-4H3;1H. The third-order valence-corrected chi connectivity index (χ3v) is 2.47. The van der Waals surface area contributed by atoms with E-state index in [2.05, 4.69) is 28.9 Å². The van der Waals surface area contributed by atoms with E-state index in [0.717, 1.165) is 18.8 Å². The zero-order valence-corrected chi connectivity index (χ0v) is 11.9. The number of aryl methyl sites for hydroxylation is 1. The minimum atomic E-state index is 0. The molecule has 0 aliphatic carbocycles. The number of rotatable bonds is 6. The molecule has 1 rings (SSSR count). The summed E-state index contributed by atoms with van der Waals surface area (Å²) in [4.78, 5) is 6.44. The minimum Gasteiger partial charge on any atom is -0.339 e. The second-order valence-corrected chi connectivity index (χ2v) is 5.00. The van der Waals surface area contributed by atoms with E-state index in [-0.39, 0.29) is 17.8 Å². The largest absolute Gasteiger partial charge is 0.339 e. The van der Waals surface area contributed by atoms with Gasteiger partial charge in [0.1, 0.15) is 0 Å². The molecule has 0 atom stereocenters. The summed E-state index contributed by atoms with van der Waals surface area (Å²) in [5.74, 6) is 1.44. The number of nitrogens with two attached hydrogens (primary N) is 1. The first-order valence-electron chi connectivity index (χ1n) is 5.67. The predicted octanol–water partition coefficient (Wildman–Crippen LogP) is 1.47. The van der Waals surface area contributed by atoms with Gasteiger partial charge in [0, 0.05) is 13.0 Å². The van der Waals surface area contributed by atoms with Gasteiger partial charge in [-0.05, 0) is 19.0 Å². The second kappa shape index (κ2) is 6.93. The van der Waals surface area contributed by atoms with E-state index in [0.29, 0.717) is 19.0 Å². The summed E-state index contributed by atoms with van der Waals surface area (Å²) < 4.78 is 5.06. The molecule has 1 aromatic heterocycles. The van der Waals surface area contributed by atoms with Crippen molar-refractivity contribution < 1.29 is 4.52 Å². The van der Waals surface area contributed by atoms with Gasteiger partial charge in [-0.1, -0.05) is 25.9 Å². The summed E-state index contributed by atoms with van der Waals surface area (Å²) in [6.45, 7) is 8.59. The topological polar surface area (TPSA) is 68.2 Å². The van der Waals surface area contributed by atoms with E-state index in [9.17, 15) is 0 Å². The summed E-state index contributed by atoms with van der Waals surface area (Å²) >= 11 is 0. The van der Waals surface area contributed by atoms with Crippen molar-refractivity contribution in [2.75, 3.05) is 20.1 Å². The molecular weight excluding hydrogens is 240 g/mol. The highest BCUT2D eigenvalue weighted by molar-refractivity contribution is 5.85. The monoisotopic (exact) mass is 262 g/mol. The third kappa shape index (κ3) is 5.48. The van der Waals surface area contributed by atoms with Gasteiger partial charge in [-0.3, -0.25) is 4.90 Å². The molecule has 0 saturated carbocycles. The van der Waals surface area contributed by atoms with Crippen LogP contribution in [0.4, 0.5) is 0 Å². The number of hydrogen-bond donors (Lipinski definition) is 1. The van der Waals surface area contributed by atoms with Gasteiger partial charge in [-0.2, -0.15) is 4.98 Å². The average Bonchev–Trinajstić information content (AvgIpc) is 2.64. The van der Waals surface area contributed by atoms with Crippen LogP contribution >= 0.6 is 12.4 Å². The first kappa shape index (κ1) is 16.4. The molecule has 2 N–H and O–H groups in total. The summed E-state index contributed by atoms with van der Waals surface area (Å²) in [7, 11) is 2.04. The van der Waals surface area contributed by atoms with Crippen molar-refractivity contribution in [1.82, 2.24) is 15.0 Å². The van der Waals surface area contributed by atoms with Crippen LogP contribution in [0, 0.1) is 5.41 Å². The molecule has 6 heteroatoms. The quantitative estimate of drug-likeness (QED) is 0.841. The Kier molecular flexibility index (Phi) is 6.67. The molecule has 0 aliphatic heterocycles. The molecule has 5 nitrogen and oxygen atoms in total.